The maximum absolute atomic E-state index is 7.00. The van der Waals surface area contributed by atoms with Gasteiger partial charge in [0, 0.05) is 5.38 Å². The number of nitrogens with zero attached hydrogens (tertiary/aromatic N) is 2. The predicted molar refractivity (Wildman–Crippen MR) is 40.3 cm³/mol. The second-order valence-electron chi connectivity index (χ2n) is 0.819. The zero-order valence-electron chi connectivity index (χ0n) is 5.40. The van der Waals surface area contributed by atoms with Crippen LogP contribution in [0, 0.1) is 0 Å². The van der Waals surface area contributed by atoms with Gasteiger partial charge in [-0.05, 0) is 11.5 Å². The van der Waals surface area contributed by atoms with Gasteiger partial charge in [0.1, 0.15) is 0 Å². The zero-order chi connectivity index (χ0) is 8.95. The topological polar surface area (TPSA) is 107 Å². The van der Waals surface area contributed by atoms with E-state index in [-0.39, 0.29) is 15.4 Å². The van der Waals surface area contributed by atoms with Crippen LogP contribution in [-0.4, -0.2) is 45.1 Å². The molecule has 0 atom stereocenters. The van der Waals surface area contributed by atoms with Crippen LogP contribution in [0.4, 0.5) is 0 Å². The molecule has 0 aliphatic rings. The smallest absolute Gasteiger partial charge is 0.429 e. The summed E-state index contributed by atoms with van der Waals surface area (Å²) >= 11 is 1.35. The van der Waals surface area contributed by atoms with E-state index < -0.39 is 0 Å². The van der Waals surface area contributed by atoms with E-state index in [2.05, 4.69) is 9.59 Å². The van der Waals surface area contributed by atoms with Gasteiger partial charge < -0.3 is 20.1 Å². The third-order valence-corrected chi connectivity index (χ3v) is 0.715. The van der Waals surface area contributed by atoms with Gasteiger partial charge >= 0.3 is 15.4 Å². The Morgan fingerprint density at radius 3 is 1.64 bits per heavy atom. The van der Waals surface area contributed by atoms with Crippen LogP contribution < -0.4 is 0 Å². The lowest BCUT2D eigenvalue weighted by Gasteiger charge is -1.46. The molecule has 1 aromatic heterocycles. The van der Waals surface area contributed by atoms with Crippen LogP contribution in [0.25, 0.3) is 0 Å². The normalized spacial score (nSPS) is 6.18. The highest BCUT2D eigenvalue weighted by Gasteiger charge is 1.61. The summed E-state index contributed by atoms with van der Waals surface area (Å²) in [6.07, 6.45) is 1.66. The molecule has 2 radical (unpaired) electrons. The minimum absolute atomic E-state index is 0. The lowest BCUT2D eigenvalue weighted by Crippen LogP contribution is -1.75. The van der Waals surface area contributed by atoms with Gasteiger partial charge in [-0.1, -0.05) is 4.49 Å². The van der Waals surface area contributed by atoms with Crippen LogP contribution in [0.2, 0.25) is 0 Å². The minimum Gasteiger partial charge on any atom is -0.429 e. The van der Waals surface area contributed by atoms with Gasteiger partial charge in [-0.3, -0.25) is 0 Å². The molecule has 60 valence electrons. The number of hydrogen-bond donors (Lipinski definition) is 4. The molecule has 0 aliphatic heterocycles. The van der Waals surface area contributed by atoms with Gasteiger partial charge in [-0.15, -0.1) is 5.10 Å². The second kappa shape index (κ2) is 16.3. The highest BCUT2D eigenvalue weighted by Crippen LogP contribution is 1.78. The molecule has 0 saturated heterocycles. The molecule has 1 heterocycles. The van der Waals surface area contributed by atoms with Crippen LogP contribution in [0.1, 0.15) is 0 Å². The Morgan fingerprint density at radius 1 is 1.09 bits per heavy atom. The molecule has 0 saturated carbocycles. The largest absolute Gasteiger partial charge is 0.482 e. The van der Waals surface area contributed by atoms with Crippen molar-refractivity contribution in [2.24, 2.45) is 0 Å². The molecule has 0 bridgehead atoms. The van der Waals surface area contributed by atoms with Crippen molar-refractivity contribution in [3.63, 3.8) is 0 Å². The monoisotopic (exact) mass is 176 g/mol. The lowest BCUT2D eigenvalue weighted by atomic mass is 10.5. The first-order valence-electron chi connectivity index (χ1n) is 2.24. The molecule has 1 rings (SSSR count). The highest BCUT2D eigenvalue weighted by atomic mass is 32.1. The van der Waals surface area contributed by atoms with Crippen molar-refractivity contribution in [2.75, 3.05) is 0 Å². The van der Waals surface area contributed by atoms with Crippen molar-refractivity contribution in [3.8, 4) is 0 Å². The fraction of sp³-hybridized carbons (Fsp3) is 0. The summed E-state index contributed by atoms with van der Waals surface area (Å²) in [5, 5.41) is 33.3. The molecular weight excluding hydrogens is 170 g/mol. The van der Waals surface area contributed by atoms with Gasteiger partial charge in [0.05, 0.1) is 6.20 Å². The maximum Gasteiger partial charge on any atom is 0.482 e. The van der Waals surface area contributed by atoms with E-state index in [1.54, 1.807) is 6.20 Å². The summed E-state index contributed by atoms with van der Waals surface area (Å²) < 4.78 is 3.51. The third-order valence-electron chi connectivity index (χ3n) is 0.283. The Labute approximate surface area is 68.9 Å². The van der Waals surface area contributed by atoms with Crippen molar-refractivity contribution < 1.29 is 20.1 Å². The van der Waals surface area contributed by atoms with Gasteiger partial charge in [-0.25, -0.2) is 0 Å². The molecule has 0 spiro atoms. The molecule has 11 heavy (non-hydrogen) atoms. The number of aromatic nitrogens is 2. The van der Waals surface area contributed by atoms with E-state index in [0.717, 1.165) is 0 Å². The van der Waals surface area contributed by atoms with Crippen LogP contribution in [0.15, 0.2) is 11.6 Å². The summed E-state index contributed by atoms with van der Waals surface area (Å²) in [6, 6.07) is 0. The summed E-state index contributed by atoms with van der Waals surface area (Å²) in [6.45, 7) is 0. The van der Waals surface area contributed by atoms with E-state index in [1.807, 2.05) is 5.38 Å². The Morgan fingerprint density at radius 2 is 1.55 bits per heavy atom. The van der Waals surface area contributed by atoms with Crippen LogP contribution in [0.3, 0.4) is 0 Å². The predicted octanol–water partition coefficient (Wildman–Crippen LogP) is -2.45. The highest BCUT2D eigenvalue weighted by molar-refractivity contribution is 7.03. The average molecular weight is 176 g/mol. The van der Waals surface area contributed by atoms with Crippen LogP contribution >= 0.6 is 11.5 Å². The SMILES string of the molecule is O[B]O.O[B]O.c1csnn1. The van der Waals surface area contributed by atoms with Gasteiger partial charge in [0.25, 0.3) is 0 Å². The second-order valence-corrected chi connectivity index (χ2v) is 1.46. The van der Waals surface area contributed by atoms with E-state index in [9.17, 15) is 0 Å². The Bertz CT molecular complexity index is 99.6. The van der Waals surface area contributed by atoms with E-state index in [1.165, 1.54) is 11.5 Å². The standard InChI is InChI=1S/C2H2N2S.2BH2O2/c1-2-5-4-3-1;2*2-1-3/h1-2H;2*2-3H. The third kappa shape index (κ3) is 26.3. The van der Waals surface area contributed by atoms with E-state index >= 15 is 0 Å². The fourth-order valence-corrected chi connectivity index (χ4v) is 0.408. The Hall–Kier alpha value is -0.470. The fourth-order valence-electron chi connectivity index (χ4n) is 0.136. The lowest BCUT2D eigenvalue weighted by molar-refractivity contribution is 0.447. The summed E-state index contributed by atoms with van der Waals surface area (Å²) in [4.78, 5) is 0. The van der Waals surface area contributed by atoms with Crippen molar-refractivity contribution >= 4 is 26.9 Å². The minimum atomic E-state index is 0. The molecule has 0 fully saturated rings. The molecule has 0 unspecified atom stereocenters. The summed E-state index contributed by atoms with van der Waals surface area (Å²) in [5.41, 5.74) is 0. The van der Waals surface area contributed by atoms with Crippen molar-refractivity contribution in [1.29, 1.82) is 0 Å². The quantitative estimate of drug-likeness (QED) is 0.326. The number of rotatable bonds is 0. The first kappa shape index (κ1) is 13.1. The Kier molecular flexibility index (Phi) is 19.4. The molecule has 0 aliphatic carbocycles. The molecule has 4 N–H and O–H groups in total. The summed E-state index contributed by atoms with van der Waals surface area (Å²) in [5.74, 6) is 0. The van der Waals surface area contributed by atoms with Crippen molar-refractivity contribution in [3.05, 3.63) is 11.6 Å². The first-order valence-corrected chi connectivity index (χ1v) is 3.08. The Balaban J connectivity index is 0. The molecule has 0 aromatic carbocycles. The van der Waals surface area contributed by atoms with Gasteiger partial charge in [0.15, 0.2) is 0 Å². The van der Waals surface area contributed by atoms with E-state index in [0.29, 0.717) is 0 Å². The van der Waals surface area contributed by atoms with Gasteiger partial charge in [0.2, 0.25) is 0 Å². The average Bonchev–Trinajstić information content (AvgIpc) is 2.44. The van der Waals surface area contributed by atoms with Gasteiger partial charge in [-0.2, -0.15) is 0 Å². The maximum atomic E-state index is 7.00. The van der Waals surface area contributed by atoms with E-state index in [4.69, 9.17) is 20.1 Å². The zero-order valence-corrected chi connectivity index (χ0v) is 6.22. The number of hydrogen-bond acceptors (Lipinski definition) is 7. The summed E-state index contributed by atoms with van der Waals surface area (Å²) in [7, 11) is 0. The van der Waals surface area contributed by atoms with Crippen molar-refractivity contribution in [1.82, 2.24) is 9.59 Å². The molecule has 0 amide bonds. The van der Waals surface area contributed by atoms with Crippen molar-refractivity contribution in [2.45, 2.75) is 0 Å². The molecule has 9 heteroatoms. The first-order chi connectivity index (χ1) is 5.33. The molecular formula is C2H6B2N2O4S. The van der Waals surface area contributed by atoms with Crippen LogP contribution in [0.5, 0.6) is 0 Å². The van der Waals surface area contributed by atoms with Crippen LogP contribution in [-0.2, 0) is 0 Å². The molecule has 6 nitrogen and oxygen atoms in total. The molecule has 1 aromatic rings.